The van der Waals surface area contributed by atoms with Crippen LogP contribution in [0.2, 0.25) is 0 Å². The molecular formula is C22H29N5O2S. The van der Waals surface area contributed by atoms with E-state index >= 15 is 0 Å². The molecule has 3 N–H and O–H groups in total. The summed E-state index contributed by atoms with van der Waals surface area (Å²) in [6, 6.07) is 17.0. The second-order valence-electron chi connectivity index (χ2n) is 7.19. The van der Waals surface area contributed by atoms with Gasteiger partial charge in [-0.25, -0.2) is 13.6 Å². The Hall–Kier alpha value is -2.68. The average molecular weight is 428 g/mol. The van der Waals surface area contributed by atoms with Crippen LogP contribution in [0.25, 0.3) is 6.08 Å². The van der Waals surface area contributed by atoms with E-state index in [2.05, 4.69) is 44.4 Å². The number of rotatable bonds is 6. The van der Waals surface area contributed by atoms with Crippen LogP contribution in [0.4, 0.5) is 0 Å². The number of sulfonamides is 1. The molecule has 3 rings (SSSR count). The van der Waals surface area contributed by atoms with Gasteiger partial charge in [0.25, 0.3) is 0 Å². The van der Waals surface area contributed by atoms with Crippen molar-refractivity contribution in [3.05, 3.63) is 71.8 Å². The number of guanidine groups is 1. The monoisotopic (exact) mass is 427 g/mol. The summed E-state index contributed by atoms with van der Waals surface area (Å²) < 4.78 is 23.1. The Kier molecular flexibility index (Phi) is 7.62. The lowest BCUT2D eigenvalue weighted by atomic mass is 10.2. The van der Waals surface area contributed by atoms with Gasteiger partial charge in [-0.05, 0) is 23.3 Å². The van der Waals surface area contributed by atoms with Gasteiger partial charge in [0.1, 0.15) is 0 Å². The summed E-state index contributed by atoms with van der Waals surface area (Å²) in [7, 11) is -1.94. The van der Waals surface area contributed by atoms with Crippen LogP contribution < -0.4 is 10.5 Å². The zero-order valence-corrected chi connectivity index (χ0v) is 18.1. The van der Waals surface area contributed by atoms with Crippen LogP contribution in [-0.2, 0) is 16.6 Å². The predicted octanol–water partition coefficient (Wildman–Crippen LogP) is 1.74. The van der Waals surface area contributed by atoms with Gasteiger partial charge in [0, 0.05) is 46.3 Å². The molecule has 7 nitrogen and oxygen atoms in total. The van der Waals surface area contributed by atoms with Gasteiger partial charge in [-0.2, -0.15) is 0 Å². The van der Waals surface area contributed by atoms with Crippen molar-refractivity contribution in [2.75, 3.05) is 39.8 Å². The van der Waals surface area contributed by atoms with Crippen molar-refractivity contribution < 1.29 is 8.42 Å². The number of piperazine rings is 1. The normalized spacial score (nSPS) is 16.2. The molecule has 0 amide bonds. The number of hydrogen-bond donors (Lipinski definition) is 2. The first-order chi connectivity index (χ1) is 14.5. The van der Waals surface area contributed by atoms with Crippen molar-refractivity contribution in [3.63, 3.8) is 0 Å². The minimum absolute atomic E-state index is 0.119. The van der Waals surface area contributed by atoms with Gasteiger partial charge in [0.2, 0.25) is 10.0 Å². The first-order valence-corrected chi connectivity index (χ1v) is 11.5. The van der Waals surface area contributed by atoms with Crippen LogP contribution in [0.1, 0.15) is 11.1 Å². The highest BCUT2D eigenvalue weighted by atomic mass is 32.2. The fourth-order valence-electron chi connectivity index (χ4n) is 3.39. The van der Waals surface area contributed by atoms with Crippen molar-refractivity contribution in [3.8, 4) is 0 Å². The van der Waals surface area contributed by atoms with E-state index in [1.165, 1.54) is 11.6 Å². The zero-order valence-electron chi connectivity index (χ0n) is 17.2. The number of nitrogens with two attached hydrogens (primary N) is 1. The largest absolute Gasteiger partial charge is 0.352 e. The van der Waals surface area contributed by atoms with E-state index in [-0.39, 0.29) is 4.90 Å². The number of nitrogens with zero attached hydrogens (tertiary/aromatic N) is 3. The molecule has 2 aromatic carbocycles. The molecule has 0 spiro atoms. The van der Waals surface area contributed by atoms with Gasteiger partial charge in [-0.3, -0.25) is 9.89 Å². The van der Waals surface area contributed by atoms with Gasteiger partial charge in [-0.15, -0.1) is 0 Å². The summed E-state index contributed by atoms with van der Waals surface area (Å²) >= 11 is 0. The molecule has 0 radical (unpaired) electrons. The summed E-state index contributed by atoms with van der Waals surface area (Å²) in [6.45, 7) is 5.10. The quantitative estimate of drug-likeness (QED) is 0.541. The Labute approximate surface area is 179 Å². The first-order valence-electron chi connectivity index (χ1n) is 9.97. The number of primary sulfonamides is 1. The van der Waals surface area contributed by atoms with E-state index in [0.717, 1.165) is 44.2 Å². The maximum atomic E-state index is 11.5. The fourth-order valence-corrected chi connectivity index (χ4v) is 3.97. The molecule has 2 aromatic rings. The zero-order chi connectivity index (χ0) is 21.4. The van der Waals surface area contributed by atoms with Crippen molar-refractivity contribution in [2.45, 2.75) is 11.4 Å². The van der Waals surface area contributed by atoms with Gasteiger partial charge < -0.3 is 10.2 Å². The molecule has 160 valence electrons. The van der Waals surface area contributed by atoms with Crippen molar-refractivity contribution >= 4 is 22.1 Å². The summed E-state index contributed by atoms with van der Waals surface area (Å²) in [6.07, 6.45) is 4.36. The predicted molar refractivity (Wildman–Crippen MR) is 122 cm³/mol. The topological polar surface area (TPSA) is 91.0 Å². The highest BCUT2D eigenvalue weighted by molar-refractivity contribution is 7.89. The molecule has 1 saturated heterocycles. The SMILES string of the molecule is CN=C(NCc1cccc(S(N)(=O)=O)c1)N1CCN(C/C=C/c2ccccc2)CC1. The van der Waals surface area contributed by atoms with Crippen molar-refractivity contribution in [1.29, 1.82) is 0 Å². The molecule has 0 unspecified atom stereocenters. The third-order valence-corrected chi connectivity index (χ3v) is 5.95. The van der Waals surface area contributed by atoms with Crippen LogP contribution >= 0.6 is 0 Å². The summed E-state index contributed by atoms with van der Waals surface area (Å²) in [5.74, 6) is 0.815. The molecule has 0 bridgehead atoms. The van der Waals surface area contributed by atoms with Crippen LogP contribution in [0.5, 0.6) is 0 Å². The maximum absolute atomic E-state index is 11.5. The summed E-state index contributed by atoms with van der Waals surface area (Å²) in [5, 5.41) is 8.54. The highest BCUT2D eigenvalue weighted by Gasteiger charge is 2.18. The van der Waals surface area contributed by atoms with E-state index in [1.54, 1.807) is 19.2 Å². The van der Waals surface area contributed by atoms with Gasteiger partial charge in [0.15, 0.2) is 5.96 Å². The smallest absolute Gasteiger partial charge is 0.238 e. The fraction of sp³-hybridized carbons (Fsp3) is 0.318. The van der Waals surface area contributed by atoms with Gasteiger partial charge >= 0.3 is 0 Å². The molecule has 0 aliphatic carbocycles. The Bertz CT molecular complexity index is 982. The van der Waals surface area contributed by atoms with E-state index in [0.29, 0.717) is 6.54 Å². The lowest BCUT2D eigenvalue weighted by molar-refractivity contribution is 0.194. The second kappa shape index (κ2) is 10.4. The number of nitrogens with one attached hydrogen (secondary N) is 1. The molecule has 1 fully saturated rings. The number of hydrogen-bond acceptors (Lipinski definition) is 4. The van der Waals surface area contributed by atoms with Gasteiger partial charge in [0.05, 0.1) is 4.90 Å². The lowest BCUT2D eigenvalue weighted by Gasteiger charge is -2.36. The maximum Gasteiger partial charge on any atom is 0.238 e. The molecular weight excluding hydrogens is 398 g/mol. The Morgan fingerprint density at radius 3 is 2.50 bits per heavy atom. The number of aliphatic imine (C=N–C) groups is 1. The minimum Gasteiger partial charge on any atom is -0.352 e. The molecule has 8 heteroatoms. The van der Waals surface area contributed by atoms with Crippen LogP contribution in [0, 0.1) is 0 Å². The first kappa shape index (κ1) is 22.0. The standard InChI is InChI=1S/C22H29N5O2S/c1-24-22(25-18-20-9-5-11-21(17-20)30(23,28)29)27-15-13-26(14-16-27)12-6-10-19-7-3-2-4-8-19/h2-11,17H,12-16,18H2,1H3,(H,24,25)(H2,23,28,29)/b10-6+. The Balaban J connectivity index is 1.48. The van der Waals surface area contributed by atoms with E-state index in [4.69, 9.17) is 5.14 Å². The summed E-state index contributed by atoms with van der Waals surface area (Å²) in [5.41, 5.74) is 2.06. The van der Waals surface area contributed by atoms with Crippen molar-refractivity contribution in [1.82, 2.24) is 15.1 Å². The van der Waals surface area contributed by atoms with Crippen LogP contribution in [-0.4, -0.2) is 63.9 Å². The van der Waals surface area contributed by atoms with Crippen LogP contribution in [0.15, 0.2) is 70.6 Å². The molecule has 1 aliphatic rings. The molecule has 1 aliphatic heterocycles. The molecule has 0 saturated carbocycles. The molecule has 30 heavy (non-hydrogen) atoms. The Morgan fingerprint density at radius 1 is 1.10 bits per heavy atom. The summed E-state index contributed by atoms with van der Waals surface area (Å²) in [4.78, 5) is 9.14. The Morgan fingerprint density at radius 2 is 1.83 bits per heavy atom. The molecule has 0 aromatic heterocycles. The van der Waals surface area contributed by atoms with Crippen molar-refractivity contribution in [2.24, 2.45) is 10.1 Å². The minimum atomic E-state index is -3.70. The van der Waals surface area contributed by atoms with Crippen LogP contribution in [0.3, 0.4) is 0 Å². The van der Waals surface area contributed by atoms with E-state index in [9.17, 15) is 8.42 Å². The number of benzene rings is 2. The van der Waals surface area contributed by atoms with E-state index in [1.807, 2.05) is 24.3 Å². The highest BCUT2D eigenvalue weighted by Crippen LogP contribution is 2.10. The average Bonchev–Trinajstić information content (AvgIpc) is 2.75. The van der Waals surface area contributed by atoms with Gasteiger partial charge in [-0.1, -0.05) is 54.6 Å². The molecule has 1 heterocycles. The third-order valence-electron chi connectivity index (χ3n) is 5.03. The third kappa shape index (κ3) is 6.41. The second-order valence-corrected chi connectivity index (χ2v) is 8.76. The molecule has 0 atom stereocenters. The van der Waals surface area contributed by atoms with E-state index < -0.39 is 10.0 Å². The lowest BCUT2D eigenvalue weighted by Crippen LogP contribution is -2.52.